The number of hydrogen-bond acceptors (Lipinski definition) is 3. The molecule has 0 aliphatic carbocycles. The van der Waals surface area contributed by atoms with E-state index in [1.54, 1.807) is 6.92 Å². The molecule has 0 radical (unpaired) electrons. The van der Waals surface area contributed by atoms with Gasteiger partial charge in [0.05, 0.1) is 6.10 Å². The highest BCUT2D eigenvalue weighted by Gasteiger charge is 2.11. The second-order valence-corrected chi connectivity index (χ2v) is 3.59. The summed E-state index contributed by atoms with van der Waals surface area (Å²) in [6, 6.07) is 7.64. The van der Waals surface area contributed by atoms with Gasteiger partial charge in [0, 0.05) is 18.8 Å². The first-order valence-corrected chi connectivity index (χ1v) is 5.70. The molecule has 0 saturated carbocycles. The lowest BCUT2D eigenvalue weighted by Gasteiger charge is -2.17. The molecule has 0 aliphatic heterocycles. The molecule has 1 aromatic rings. The molecule has 16 heavy (non-hydrogen) atoms. The Hall–Kier alpha value is -0.900. The molecular formula is C13H20O3. The number of aliphatic hydroxyl groups excluding tert-OH is 1. The van der Waals surface area contributed by atoms with Gasteiger partial charge in [0.2, 0.25) is 0 Å². The summed E-state index contributed by atoms with van der Waals surface area (Å²) in [5.41, 5.74) is 1.88. The molecule has 1 atom stereocenters. The van der Waals surface area contributed by atoms with Gasteiger partial charge in [-0.15, -0.1) is 0 Å². The minimum atomic E-state index is -0.438. The smallest absolute Gasteiger partial charge is 0.183 e. The zero-order valence-electron chi connectivity index (χ0n) is 10.1. The average molecular weight is 224 g/mol. The third-order valence-electron chi connectivity index (χ3n) is 2.33. The van der Waals surface area contributed by atoms with Crippen LogP contribution in [0, 0.1) is 0 Å². The van der Waals surface area contributed by atoms with Crippen LogP contribution in [0.5, 0.6) is 0 Å². The van der Waals surface area contributed by atoms with Crippen LogP contribution in [0.25, 0.3) is 0 Å². The summed E-state index contributed by atoms with van der Waals surface area (Å²) in [5, 5.41) is 9.40. The lowest BCUT2D eigenvalue weighted by Crippen LogP contribution is -2.08. The molecule has 0 heterocycles. The third-order valence-corrected chi connectivity index (χ3v) is 2.33. The fourth-order valence-electron chi connectivity index (χ4n) is 1.47. The minimum absolute atomic E-state index is 0.307. The van der Waals surface area contributed by atoms with Crippen LogP contribution in [-0.4, -0.2) is 18.3 Å². The van der Waals surface area contributed by atoms with Gasteiger partial charge in [-0.25, -0.2) is 0 Å². The van der Waals surface area contributed by atoms with Crippen molar-refractivity contribution in [2.24, 2.45) is 0 Å². The lowest BCUT2D eigenvalue weighted by molar-refractivity contribution is -0.140. The van der Waals surface area contributed by atoms with Crippen molar-refractivity contribution >= 4 is 0 Å². The maximum absolute atomic E-state index is 9.40. The van der Waals surface area contributed by atoms with Gasteiger partial charge in [-0.2, -0.15) is 0 Å². The lowest BCUT2D eigenvalue weighted by atomic mass is 10.1. The molecular weight excluding hydrogens is 204 g/mol. The molecule has 0 amide bonds. The molecule has 0 bridgehead atoms. The predicted octanol–water partition coefficient (Wildman–Crippen LogP) is 2.81. The van der Waals surface area contributed by atoms with Crippen LogP contribution in [0.2, 0.25) is 0 Å². The van der Waals surface area contributed by atoms with E-state index in [4.69, 9.17) is 9.47 Å². The summed E-state index contributed by atoms with van der Waals surface area (Å²) in [7, 11) is 0. The first-order valence-electron chi connectivity index (χ1n) is 5.70. The van der Waals surface area contributed by atoms with Crippen molar-refractivity contribution in [1.29, 1.82) is 0 Å². The van der Waals surface area contributed by atoms with Gasteiger partial charge in [-0.1, -0.05) is 24.3 Å². The molecule has 0 saturated heterocycles. The minimum Gasteiger partial charge on any atom is -0.389 e. The fraction of sp³-hybridized carbons (Fsp3) is 0.538. The summed E-state index contributed by atoms with van der Waals surface area (Å²) in [6.07, 6.45) is -0.746. The number of benzene rings is 1. The highest BCUT2D eigenvalue weighted by Crippen LogP contribution is 2.21. The normalized spacial score (nSPS) is 13.1. The predicted molar refractivity (Wildman–Crippen MR) is 63.1 cm³/mol. The van der Waals surface area contributed by atoms with Gasteiger partial charge in [0.1, 0.15) is 0 Å². The third kappa shape index (κ3) is 3.59. The van der Waals surface area contributed by atoms with Gasteiger partial charge in [-0.05, 0) is 26.3 Å². The molecule has 1 unspecified atom stereocenters. The monoisotopic (exact) mass is 224 g/mol. The highest BCUT2D eigenvalue weighted by atomic mass is 16.7. The van der Waals surface area contributed by atoms with Crippen molar-refractivity contribution in [2.45, 2.75) is 33.2 Å². The van der Waals surface area contributed by atoms with Gasteiger partial charge < -0.3 is 14.6 Å². The van der Waals surface area contributed by atoms with Crippen LogP contribution in [0.1, 0.15) is 44.3 Å². The Morgan fingerprint density at radius 1 is 1.00 bits per heavy atom. The van der Waals surface area contributed by atoms with E-state index in [1.807, 2.05) is 38.1 Å². The Balaban J connectivity index is 2.76. The number of rotatable bonds is 6. The second-order valence-electron chi connectivity index (χ2n) is 3.59. The van der Waals surface area contributed by atoms with E-state index >= 15 is 0 Å². The number of ether oxygens (including phenoxy) is 2. The average Bonchev–Trinajstić information content (AvgIpc) is 2.29. The largest absolute Gasteiger partial charge is 0.389 e. The van der Waals surface area contributed by atoms with Crippen LogP contribution in [0.3, 0.4) is 0 Å². The van der Waals surface area contributed by atoms with E-state index in [-0.39, 0.29) is 6.29 Å². The fourth-order valence-corrected chi connectivity index (χ4v) is 1.47. The van der Waals surface area contributed by atoms with Gasteiger partial charge in [0.15, 0.2) is 6.29 Å². The summed E-state index contributed by atoms with van der Waals surface area (Å²) < 4.78 is 11.0. The molecule has 0 aromatic heterocycles. The SMILES string of the molecule is CCOC(OCC)c1ccc(C(C)O)cc1. The van der Waals surface area contributed by atoms with E-state index in [0.29, 0.717) is 13.2 Å². The summed E-state index contributed by atoms with van der Waals surface area (Å²) in [6.45, 7) is 6.86. The Morgan fingerprint density at radius 3 is 1.81 bits per heavy atom. The first-order chi connectivity index (χ1) is 7.69. The molecule has 3 heteroatoms. The summed E-state index contributed by atoms with van der Waals surface area (Å²) in [5.74, 6) is 0. The molecule has 1 rings (SSSR count). The van der Waals surface area contributed by atoms with E-state index in [1.165, 1.54) is 0 Å². The van der Waals surface area contributed by atoms with Crippen molar-refractivity contribution in [2.75, 3.05) is 13.2 Å². The Morgan fingerprint density at radius 2 is 1.44 bits per heavy atom. The van der Waals surface area contributed by atoms with E-state index in [9.17, 15) is 5.11 Å². The quantitative estimate of drug-likeness (QED) is 0.755. The van der Waals surface area contributed by atoms with Crippen molar-refractivity contribution in [1.82, 2.24) is 0 Å². The van der Waals surface area contributed by atoms with E-state index in [2.05, 4.69) is 0 Å². The molecule has 0 aliphatic rings. The maximum atomic E-state index is 9.40. The van der Waals surface area contributed by atoms with Crippen LogP contribution in [-0.2, 0) is 9.47 Å². The van der Waals surface area contributed by atoms with Crippen LogP contribution >= 0.6 is 0 Å². The Labute approximate surface area is 97.0 Å². The molecule has 90 valence electrons. The summed E-state index contributed by atoms with van der Waals surface area (Å²) >= 11 is 0. The van der Waals surface area contributed by atoms with Crippen molar-refractivity contribution in [3.8, 4) is 0 Å². The van der Waals surface area contributed by atoms with Gasteiger partial charge in [0.25, 0.3) is 0 Å². The van der Waals surface area contributed by atoms with Crippen LogP contribution in [0.4, 0.5) is 0 Å². The van der Waals surface area contributed by atoms with Crippen LogP contribution < -0.4 is 0 Å². The second kappa shape index (κ2) is 6.63. The molecule has 1 aromatic carbocycles. The van der Waals surface area contributed by atoms with E-state index < -0.39 is 6.10 Å². The van der Waals surface area contributed by atoms with Crippen molar-refractivity contribution in [3.63, 3.8) is 0 Å². The molecule has 3 nitrogen and oxygen atoms in total. The molecule has 1 N–H and O–H groups in total. The first kappa shape index (κ1) is 13.2. The topological polar surface area (TPSA) is 38.7 Å². The Bertz CT molecular complexity index is 287. The molecule has 0 spiro atoms. The van der Waals surface area contributed by atoms with Gasteiger partial charge in [-0.3, -0.25) is 0 Å². The Kier molecular flexibility index (Phi) is 5.46. The zero-order chi connectivity index (χ0) is 12.0. The highest BCUT2D eigenvalue weighted by molar-refractivity contribution is 5.24. The van der Waals surface area contributed by atoms with E-state index in [0.717, 1.165) is 11.1 Å². The van der Waals surface area contributed by atoms with Crippen LogP contribution in [0.15, 0.2) is 24.3 Å². The van der Waals surface area contributed by atoms with Crippen molar-refractivity contribution < 1.29 is 14.6 Å². The maximum Gasteiger partial charge on any atom is 0.183 e. The zero-order valence-corrected chi connectivity index (χ0v) is 10.1. The standard InChI is InChI=1S/C13H20O3/c1-4-15-13(16-5-2)12-8-6-11(7-9-12)10(3)14/h6-10,13-14H,4-5H2,1-3H3. The van der Waals surface area contributed by atoms with Gasteiger partial charge >= 0.3 is 0 Å². The molecule has 0 fully saturated rings. The van der Waals surface area contributed by atoms with Crippen molar-refractivity contribution in [3.05, 3.63) is 35.4 Å². The number of hydrogen-bond donors (Lipinski definition) is 1. The summed E-state index contributed by atoms with van der Waals surface area (Å²) in [4.78, 5) is 0. The number of aliphatic hydroxyl groups is 1.